The highest BCUT2D eigenvalue weighted by atomic mass is 32.1. The fourth-order valence-electron chi connectivity index (χ4n) is 3.42. The van der Waals surface area contributed by atoms with Gasteiger partial charge < -0.3 is 5.73 Å². The molecule has 5 aromatic rings. The number of hydrogen-bond donors (Lipinski definition) is 1. The summed E-state index contributed by atoms with van der Waals surface area (Å²) < 4.78 is 2.91. The third-order valence-corrected chi connectivity index (χ3v) is 5.82. The molecule has 3 aromatic carbocycles. The number of nitrogen functional groups attached to an aromatic ring is 1. The maximum atomic E-state index is 12.7. The van der Waals surface area contributed by atoms with Crippen molar-refractivity contribution in [2.24, 2.45) is 0 Å². The zero-order chi connectivity index (χ0) is 19.1. The van der Waals surface area contributed by atoms with Crippen molar-refractivity contribution >= 4 is 38.0 Å². The van der Waals surface area contributed by atoms with E-state index < -0.39 is 0 Å². The maximum Gasteiger partial charge on any atom is 0.261 e. The summed E-state index contributed by atoms with van der Waals surface area (Å²) in [7, 11) is 0. The average molecular weight is 383 g/mol. The van der Waals surface area contributed by atoms with Crippen LogP contribution in [0.25, 0.3) is 32.1 Å². The summed E-state index contributed by atoms with van der Waals surface area (Å²) >= 11 is 1.75. The molecule has 0 unspecified atom stereocenters. The van der Waals surface area contributed by atoms with Gasteiger partial charge in [-0.15, -0.1) is 11.3 Å². The highest BCUT2D eigenvalue weighted by Crippen LogP contribution is 2.28. The Balaban J connectivity index is 1.45. The van der Waals surface area contributed by atoms with Gasteiger partial charge in [0.1, 0.15) is 0 Å². The Morgan fingerprint density at radius 2 is 1.75 bits per heavy atom. The van der Waals surface area contributed by atoms with E-state index in [2.05, 4.69) is 58.9 Å². The highest BCUT2D eigenvalue weighted by Gasteiger charge is 2.06. The molecule has 0 saturated carbocycles. The minimum atomic E-state index is -0.0791. The van der Waals surface area contributed by atoms with Crippen LogP contribution < -0.4 is 11.3 Å². The van der Waals surface area contributed by atoms with E-state index in [1.165, 1.54) is 15.6 Å². The molecule has 0 amide bonds. The van der Waals surface area contributed by atoms with Crippen molar-refractivity contribution in [1.29, 1.82) is 0 Å². The number of aromatic nitrogens is 2. The lowest BCUT2D eigenvalue weighted by atomic mass is 10.0. The molecule has 5 rings (SSSR count). The van der Waals surface area contributed by atoms with Crippen LogP contribution in [0, 0.1) is 0 Å². The number of thiophene rings is 1. The molecule has 0 fully saturated rings. The van der Waals surface area contributed by atoms with Gasteiger partial charge in [-0.25, -0.2) is 4.98 Å². The maximum absolute atomic E-state index is 12.7. The molecule has 0 atom stereocenters. The molecule has 0 aliphatic rings. The molecule has 0 bridgehead atoms. The Morgan fingerprint density at radius 1 is 0.929 bits per heavy atom. The molecule has 2 N–H and O–H groups in total. The van der Waals surface area contributed by atoms with Crippen LogP contribution in [0.2, 0.25) is 0 Å². The molecule has 0 saturated heterocycles. The smallest absolute Gasteiger partial charge is 0.261 e. The first-order valence-corrected chi connectivity index (χ1v) is 9.87. The van der Waals surface area contributed by atoms with E-state index in [0.717, 1.165) is 11.1 Å². The second-order valence-electron chi connectivity index (χ2n) is 6.82. The predicted molar refractivity (Wildman–Crippen MR) is 117 cm³/mol. The highest BCUT2D eigenvalue weighted by molar-refractivity contribution is 7.17. The van der Waals surface area contributed by atoms with E-state index in [0.29, 0.717) is 23.1 Å². The molecular formula is C23H17N3OS. The van der Waals surface area contributed by atoms with Gasteiger partial charge in [-0.2, -0.15) is 0 Å². The summed E-state index contributed by atoms with van der Waals surface area (Å²) in [4.78, 5) is 17.1. The zero-order valence-electron chi connectivity index (χ0n) is 15.0. The SMILES string of the molecule is Nc1ccc2ncn(Cc3ccc(-c4ccc5ccsc5c4)cc3)c(=O)c2c1. The van der Waals surface area contributed by atoms with Gasteiger partial charge in [0.2, 0.25) is 0 Å². The third kappa shape index (κ3) is 2.96. The number of anilines is 1. The summed E-state index contributed by atoms with van der Waals surface area (Å²) in [5.74, 6) is 0. The minimum Gasteiger partial charge on any atom is -0.399 e. The lowest BCUT2D eigenvalue weighted by Gasteiger charge is -2.08. The predicted octanol–water partition coefficient (Wildman–Crippen LogP) is 4.91. The van der Waals surface area contributed by atoms with Crippen LogP contribution in [0.5, 0.6) is 0 Å². The average Bonchev–Trinajstić information content (AvgIpc) is 3.19. The summed E-state index contributed by atoms with van der Waals surface area (Å²) in [6, 6.07) is 22.2. The van der Waals surface area contributed by atoms with Crippen molar-refractivity contribution in [3.05, 3.63) is 94.4 Å². The largest absolute Gasteiger partial charge is 0.399 e. The fourth-order valence-corrected chi connectivity index (χ4v) is 4.25. The first-order chi connectivity index (χ1) is 13.7. The molecule has 0 radical (unpaired) electrons. The fraction of sp³-hybridized carbons (Fsp3) is 0.0435. The van der Waals surface area contributed by atoms with Crippen molar-refractivity contribution in [1.82, 2.24) is 9.55 Å². The van der Waals surface area contributed by atoms with E-state index in [4.69, 9.17) is 5.73 Å². The standard InChI is InChI=1S/C23H17N3OS/c24-19-7-8-21-20(12-19)23(27)26(14-25-21)13-15-1-3-16(4-2-15)18-6-5-17-9-10-28-22(17)11-18/h1-12,14H,13,24H2. The van der Waals surface area contributed by atoms with E-state index in [1.54, 1.807) is 40.4 Å². The van der Waals surface area contributed by atoms with Gasteiger partial charge in [0.25, 0.3) is 5.56 Å². The quantitative estimate of drug-likeness (QED) is 0.450. The normalized spacial score (nSPS) is 11.3. The van der Waals surface area contributed by atoms with Crippen LogP contribution in [0.15, 0.2) is 83.2 Å². The Labute approximate surface area is 165 Å². The molecule has 0 spiro atoms. The van der Waals surface area contributed by atoms with Gasteiger partial charge in [-0.1, -0.05) is 36.4 Å². The molecule has 2 heterocycles. The Bertz CT molecular complexity index is 1370. The third-order valence-electron chi connectivity index (χ3n) is 4.94. The number of nitrogens with zero attached hydrogens (tertiary/aromatic N) is 2. The Hall–Kier alpha value is -3.44. The van der Waals surface area contributed by atoms with E-state index >= 15 is 0 Å². The Kier molecular flexibility index (Phi) is 3.95. The first-order valence-electron chi connectivity index (χ1n) is 8.99. The Morgan fingerprint density at radius 3 is 2.61 bits per heavy atom. The van der Waals surface area contributed by atoms with Crippen LogP contribution in [-0.2, 0) is 6.54 Å². The van der Waals surface area contributed by atoms with Crippen LogP contribution in [0.4, 0.5) is 5.69 Å². The van der Waals surface area contributed by atoms with E-state index in [-0.39, 0.29) is 5.56 Å². The van der Waals surface area contributed by atoms with Crippen molar-refractivity contribution < 1.29 is 0 Å². The molecule has 28 heavy (non-hydrogen) atoms. The summed E-state index contributed by atoms with van der Waals surface area (Å²) in [6.07, 6.45) is 1.60. The van der Waals surface area contributed by atoms with Crippen molar-refractivity contribution in [2.75, 3.05) is 5.73 Å². The van der Waals surface area contributed by atoms with Gasteiger partial charge in [0.15, 0.2) is 0 Å². The number of hydrogen-bond acceptors (Lipinski definition) is 4. The topological polar surface area (TPSA) is 60.9 Å². The van der Waals surface area contributed by atoms with Crippen molar-refractivity contribution in [3.63, 3.8) is 0 Å². The summed E-state index contributed by atoms with van der Waals surface area (Å²) in [6.45, 7) is 0.473. The number of rotatable bonds is 3. The molecule has 5 heteroatoms. The van der Waals surface area contributed by atoms with Gasteiger partial charge in [-0.05, 0) is 57.8 Å². The lowest BCUT2D eigenvalue weighted by Crippen LogP contribution is -2.21. The first kappa shape index (κ1) is 16.7. The summed E-state index contributed by atoms with van der Waals surface area (Å²) in [5.41, 5.74) is 10.4. The molecule has 2 aromatic heterocycles. The molecule has 4 nitrogen and oxygen atoms in total. The van der Waals surface area contributed by atoms with Gasteiger partial charge in [0.05, 0.1) is 23.8 Å². The zero-order valence-corrected chi connectivity index (χ0v) is 15.8. The van der Waals surface area contributed by atoms with Crippen LogP contribution >= 0.6 is 11.3 Å². The molecular weight excluding hydrogens is 366 g/mol. The molecule has 0 aliphatic heterocycles. The van der Waals surface area contributed by atoms with Gasteiger partial charge >= 0.3 is 0 Å². The van der Waals surface area contributed by atoms with Crippen LogP contribution in [0.1, 0.15) is 5.56 Å². The van der Waals surface area contributed by atoms with Gasteiger partial charge in [-0.3, -0.25) is 9.36 Å². The summed E-state index contributed by atoms with van der Waals surface area (Å²) in [5, 5.41) is 3.93. The number of fused-ring (bicyclic) bond motifs is 2. The van der Waals surface area contributed by atoms with Crippen LogP contribution in [0.3, 0.4) is 0 Å². The second kappa shape index (κ2) is 6.62. The lowest BCUT2D eigenvalue weighted by molar-refractivity contribution is 0.748. The second-order valence-corrected chi connectivity index (χ2v) is 7.77. The van der Waals surface area contributed by atoms with Gasteiger partial charge in [0, 0.05) is 10.4 Å². The molecule has 136 valence electrons. The monoisotopic (exact) mass is 383 g/mol. The van der Waals surface area contributed by atoms with Crippen molar-refractivity contribution in [2.45, 2.75) is 6.54 Å². The number of nitrogens with two attached hydrogens (primary N) is 1. The van der Waals surface area contributed by atoms with Crippen molar-refractivity contribution in [3.8, 4) is 11.1 Å². The minimum absolute atomic E-state index is 0.0791. The van der Waals surface area contributed by atoms with E-state index in [9.17, 15) is 4.79 Å². The van der Waals surface area contributed by atoms with E-state index in [1.807, 2.05) is 0 Å². The molecule has 0 aliphatic carbocycles. The van der Waals surface area contributed by atoms with Crippen LogP contribution in [-0.4, -0.2) is 9.55 Å². The number of benzene rings is 3.